The van der Waals surface area contributed by atoms with E-state index in [1.54, 1.807) is 18.2 Å². The highest BCUT2D eigenvalue weighted by molar-refractivity contribution is 5.86. The third-order valence-corrected chi connectivity index (χ3v) is 3.70. The average Bonchev–Trinajstić information content (AvgIpc) is 2.63. The standard InChI is InChI=1S/C21H26O5/c1-3-5-7-9-13-24-16-11-12-17-18(15-16)26-21(23)20(19(17)22)25-14-10-8-6-4-2/h5-8,11-12,15,22H,3-4,9-10,13-14H2,1-2H3. The first-order chi connectivity index (χ1) is 12.7. The van der Waals surface area contributed by atoms with Crippen molar-refractivity contribution < 1.29 is 19.0 Å². The maximum absolute atomic E-state index is 12.1. The van der Waals surface area contributed by atoms with E-state index >= 15 is 0 Å². The molecule has 0 unspecified atom stereocenters. The second-order valence-corrected chi connectivity index (χ2v) is 5.76. The van der Waals surface area contributed by atoms with Crippen molar-refractivity contribution in [2.24, 2.45) is 0 Å². The highest BCUT2D eigenvalue weighted by atomic mass is 16.5. The van der Waals surface area contributed by atoms with E-state index in [2.05, 4.69) is 19.1 Å². The van der Waals surface area contributed by atoms with Gasteiger partial charge in [-0.05, 0) is 37.8 Å². The zero-order valence-corrected chi connectivity index (χ0v) is 15.4. The molecule has 0 aliphatic heterocycles. The molecule has 5 nitrogen and oxygen atoms in total. The normalized spacial score (nSPS) is 11.6. The van der Waals surface area contributed by atoms with Crippen molar-refractivity contribution in [3.63, 3.8) is 0 Å². The van der Waals surface area contributed by atoms with Crippen LogP contribution in [0.3, 0.4) is 0 Å². The summed E-state index contributed by atoms with van der Waals surface area (Å²) >= 11 is 0. The molecule has 1 aromatic carbocycles. The van der Waals surface area contributed by atoms with Gasteiger partial charge < -0.3 is 19.0 Å². The van der Waals surface area contributed by atoms with Crippen molar-refractivity contribution in [3.8, 4) is 17.2 Å². The summed E-state index contributed by atoms with van der Waals surface area (Å²) < 4.78 is 16.3. The fraction of sp³-hybridized carbons (Fsp3) is 0.381. The summed E-state index contributed by atoms with van der Waals surface area (Å²) in [4.78, 5) is 12.1. The molecular weight excluding hydrogens is 332 g/mol. The number of fused-ring (bicyclic) bond motifs is 1. The SMILES string of the molecule is CCC=CCCOc1ccc2c(O)c(OCCC=CCC)c(=O)oc2c1. The van der Waals surface area contributed by atoms with E-state index in [9.17, 15) is 9.90 Å². The predicted molar refractivity (Wildman–Crippen MR) is 103 cm³/mol. The van der Waals surface area contributed by atoms with E-state index in [4.69, 9.17) is 13.9 Å². The summed E-state index contributed by atoms with van der Waals surface area (Å²) in [5.74, 6) is 0.234. The van der Waals surface area contributed by atoms with Crippen molar-refractivity contribution >= 4 is 11.0 Å². The molecule has 26 heavy (non-hydrogen) atoms. The largest absolute Gasteiger partial charge is 0.504 e. The van der Waals surface area contributed by atoms with Crippen molar-refractivity contribution in [2.75, 3.05) is 13.2 Å². The van der Waals surface area contributed by atoms with Crippen LogP contribution in [0.15, 0.2) is 51.7 Å². The Morgan fingerprint density at radius 3 is 2.31 bits per heavy atom. The van der Waals surface area contributed by atoms with Crippen LogP contribution in [-0.4, -0.2) is 18.3 Å². The van der Waals surface area contributed by atoms with Gasteiger partial charge in [0.15, 0.2) is 5.75 Å². The van der Waals surface area contributed by atoms with Gasteiger partial charge in [0, 0.05) is 6.07 Å². The number of rotatable bonds is 10. The van der Waals surface area contributed by atoms with Gasteiger partial charge in [-0.2, -0.15) is 0 Å². The maximum Gasteiger partial charge on any atom is 0.383 e. The minimum absolute atomic E-state index is 0.152. The summed E-state index contributed by atoms with van der Waals surface area (Å²) in [5, 5.41) is 10.8. The first kappa shape index (κ1) is 19.6. The Balaban J connectivity index is 2.10. The monoisotopic (exact) mass is 358 g/mol. The highest BCUT2D eigenvalue weighted by Crippen LogP contribution is 2.33. The minimum atomic E-state index is -0.697. The Kier molecular flexibility index (Phi) is 7.80. The van der Waals surface area contributed by atoms with Gasteiger partial charge in [0.1, 0.15) is 11.3 Å². The van der Waals surface area contributed by atoms with Gasteiger partial charge >= 0.3 is 5.63 Å². The molecule has 1 aromatic heterocycles. The topological polar surface area (TPSA) is 68.9 Å². The molecular formula is C21H26O5. The van der Waals surface area contributed by atoms with Crippen molar-refractivity contribution in [2.45, 2.75) is 39.5 Å². The van der Waals surface area contributed by atoms with Gasteiger partial charge in [0.05, 0.1) is 18.6 Å². The van der Waals surface area contributed by atoms with Crippen molar-refractivity contribution in [3.05, 3.63) is 52.9 Å². The minimum Gasteiger partial charge on any atom is -0.504 e. The van der Waals surface area contributed by atoms with E-state index in [1.165, 1.54) is 0 Å². The van der Waals surface area contributed by atoms with Crippen LogP contribution in [0.25, 0.3) is 11.0 Å². The van der Waals surface area contributed by atoms with Gasteiger partial charge in [-0.3, -0.25) is 0 Å². The lowest BCUT2D eigenvalue weighted by Crippen LogP contribution is -2.08. The quantitative estimate of drug-likeness (QED) is 0.369. The summed E-state index contributed by atoms with van der Waals surface area (Å²) in [5.41, 5.74) is -0.426. The first-order valence-electron chi connectivity index (χ1n) is 9.02. The Hall–Kier alpha value is -2.69. The Bertz CT molecular complexity index is 817. The molecule has 2 rings (SSSR count). The molecule has 0 radical (unpaired) electrons. The average molecular weight is 358 g/mol. The molecule has 0 amide bonds. The second-order valence-electron chi connectivity index (χ2n) is 5.76. The Morgan fingerprint density at radius 1 is 1.00 bits per heavy atom. The van der Waals surface area contributed by atoms with Gasteiger partial charge in [-0.15, -0.1) is 0 Å². The third-order valence-electron chi connectivity index (χ3n) is 3.70. The first-order valence-corrected chi connectivity index (χ1v) is 9.02. The molecule has 2 aromatic rings. The molecule has 0 aliphatic rings. The lowest BCUT2D eigenvalue weighted by Gasteiger charge is -2.09. The molecule has 0 spiro atoms. The fourth-order valence-electron chi connectivity index (χ4n) is 2.41. The highest BCUT2D eigenvalue weighted by Gasteiger charge is 2.15. The molecule has 1 N–H and O–H groups in total. The van der Waals surface area contributed by atoms with Crippen LogP contribution in [0.4, 0.5) is 0 Å². The van der Waals surface area contributed by atoms with Crippen molar-refractivity contribution in [1.82, 2.24) is 0 Å². The van der Waals surface area contributed by atoms with E-state index in [0.717, 1.165) is 19.3 Å². The van der Waals surface area contributed by atoms with Gasteiger partial charge in [-0.25, -0.2) is 4.79 Å². The van der Waals surface area contributed by atoms with Crippen LogP contribution >= 0.6 is 0 Å². The molecule has 1 heterocycles. The molecule has 0 atom stereocenters. The van der Waals surface area contributed by atoms with E-state index in [0.29, 0.717) is 30.8 Å². The molecule has 0 saturated carbocycles. The summed E-state index contributed by atoms with van der Waals surface area (Å²) in [6.45, 7) is 4.95. The number of allylic oxidation sites excluding steroid dienone is 2. The Labute approximate surface area is 153 Å². The molecule has 0 saturated heterocycles. The van der Waals surface area contributed by atoms with Crippen LogP contribution in [0.2, 0.25) is 0 Å². The van der Waals surface area contributed by atoms with Crippen LogP contribution in [0.5, 0.6) is 17.2 Å². The molecule has 140 valence electrons. The third kappa shape index (κ3) is 5.41. The predicted octanol–water partition coefficient (Wildman–Crippen LogP) is 4.97. The molecule has 5 heteroatoms. The number of hydrogen-bond acceptors (Lipinski definition) is 5. The van der Waals surface area contributed by atoms with E-state index in [-0.39, 0.29) is 17.1 Å². The summed E-state index contributed by atoms with van der Waals surface area (Å²) in [6, 6.07) is 5.00. The van der Waals surface area contributed by atoms with Crippen molar-refractivity contribution in [1.29, 1.82) is 0 Å². The second kappa shape index (κ2) is 10.3. The maximum atomic E-state index is 12.1. The number of hydrogen-bond donors (Lipinski definition) is 1. The number of aromatic hydroxyl groups is 1. The fourth-order valence-corrected chi connectivity index (χ4v) is 2.41. The zero-order valence-electron chi connectivity index (χ0n) is 15.4. The van der Waals surface area contributed by atoms with Gasteiger partial charge in [0.2, 0.25) is 5.75 Å². The van der Waals surface area contributed by atoms with E-state index < -0.39 is 5.63 Å². The lowest BCUT2D eigenvalue weighted by atomic mass is 10.2. The van der Waals surface area contributed by atoms with Gasteiger partial charge in [-0.1, -0.05) is 38.2 Å². The van der Waals surface area contributed by atoms with Crippen LogP contribution < -0.4 is 15.1 Å². The summed E-state index contributed by atoms with van der Waals surface area (Å²) in [7, 11) is 0. The van der Waals surface area contributed by atoms with Crippen LogP contribution in [0.1, 0.15) is 39.5 Å². The van der Waals surface area contributed by atoms with Gasteiger partial charge in [0.25, 0.3) is 0 Å². The zero-order chi connectivity index (χ0) is 18.8. The number of ether oxygens (including phenoxy) is 2. The molecule has 0 bridgehead atoms. The molecule has 0 aliphatic carbocycles. The summed E-state index contributed by atoms with van der Waals surface area (Å²) in [6.07, 6.45) is 11.5. The smallest absolute Gasteiger partial charge is 0.383 e. The number of benzene rings is 1. The van der Waals surface area contributed by atoms with Crippen LogP contribution in [0, 0.1) is 0 Å². The molecule has 0 fully saturated rings. The Morgan fingerprint density at radius 2 is 1.65 bits per heavy atom. The lowest BCUT2D eigenvalue weighted by molar-refractivity contribution is 0.290. The van der Waals surface area contributed by atoms with Crippen LogP contribution in [-0.2, 0) is 0 Å². The van der Waals surface area contributed by atoms with E-state index in [1.807, 2.05) is 19.1 Å².